The molecule has 0 aliphatic carbocycles. The SMILES string of the molecule is C=CCOCCNC(C)C(C)C. The summed E-state index contributed by atoms with van der Waals surface area (Å²) in [6.45, 7) is 12.5. The van der Waals surface area contributed by atoms with Crippen LogP contribution in [0, 0.1) is 5.92 Å². The Balaban J connectivity index is 3.13. The van der Waals surface area contributed by atoms with E-state index >= 15 is 0 Å². The van der Waals surface area contributed by atoms with Gasteiger partial charge in [-0.15, -0.1) is 6.58 Å². The van der Waals surface area contributed by atoms with Gasteiger partial charge >= 0.3 is 0 Å². The van der Waals surface area contributed by atoms with Crippen molar-refractivity contribution in [2.75, 3.05) is 19.8 Å². The third-order valence-corrected chi connectivity index (χ3v) is 1.95. The minimum Gasteiger partial charge on any atom is -0.376 e. The van der Waals surface area contributed by atoms with E-state index < -0.39 is 0 Å². The van der Waals surface area contributed by atoms with Crippen molar-refractivity contribution >= 4 is 0 Å². The van der Waals surface area contributed by atoms with Gasteiger partial charge < -0.3 is 10.1 Å². The van der Waals surface area contributed by atoms with E-state index in [2.05, 4.69) is 32.7 Å². The largest absolute Gasteiger partial charge is 0.376 e. The van der Waals surface area contributed by atoms with Crippen LogP contribution in [0.2, 0.25) is 0 Å². The predicted octanol–water partition coefficient (Wildman–Crippen LogP) is 1.82. The van der Waals surface area contributed by atoms with Crippen molar-refractivity contribution < 1.29 is 4.74 Å². The summed E-state index contributed by atoms with van der Waals surface area (Å²) >= 11 is 0. The van der Waals surface area contributed by atoms with Crippen LogP contribution in [0.25, 0.3) is 0 Å². The Morgan fingerprint density at radius 1 is 1.42 bits per heavy atom. The fourth-order valence-electron chi connectivity index (χ4n) is 0.761. The predicted molar refractivity (Wildman–Crippen MR) is 53.3 cm³/mol. The van der Waals surface area contributed by atoms with Gasteiger partial charge in [-0.05, 0) is 12.8 Å². The molecule has 0 heterocycles. The highest BCUT2D eigenvalue weighted by Crippen LogP contribution is 1.98. The highest BCUT2D eigenvalue weighted by Gasteiger charge is 2.04. The first-order chi connectivity index (χ1) is 5.68. The zero-order valence-corrected chi connectivity index (χ0v) is 8.47. The fraction of sp³-hybridized carbons (Fsp3) is 0.800. The lowest BCUT2D eigenvalue weighted by Gasteiger charge is -2.16. The van der Waals surface area contributed by atoms with Gasteiger partial charge in [0.15, 0.2) is 0 Å². The average molecular weight is 171 g/mol. The van der Waals surface area contributed by atoms with Crippen molar-refractivity contribution in [2.45, 2.75) is 26.8 Å². The molecule has 0 aliphatic rings. The minimum absolute atomic E-state index is 0.567. The molecular weight excluding hydrogens is 150 g/mol. The number of hydrogen-bond acceptors (Lipinski definition) is 2. The van der Waals surface area contributed by atoms with Gasteiger partial charge in [0.05, 0.1) is 13.2 Å². The normalized spacial score (nSPS) is 13.3. The molecule has 1 unspecified atom stereocenters. The Labute approximate surface area is 76.0 Å². The van der Waals surface area contributed by atoms with Gasteiger partial charge in [-0.3, -0.25) is 0 Å². The molecule has 1 atom stereocenters. The molecule has 0 rings (SSSR count). The molecule has 72 valence electrons. The van der Waals surface area contributed by atoms with Gasteiger partial charge in [-0.1, -0.05) is 19.9 Å². The fourth-order valence-corrected chi connectivity index (χ4v) is 0.761. The van der Waals surface area contributed by atoms with E-state index in [0.717, 1.165) is 13.2 Å². The topological polar surface area (TPSA) is 21.3 Å². The maximum atomic E-state index is 5.23. The van der Waals surface area contributed by atoms with E-state index in [-0.39, 0.29) is 0 Å². The number of rotatable bonds is 7. The molecule has 2 heteroatoms. The molecule has 0 saturated heterocycles. The molecule has 0 radical (unpaired) electrons. The Bertz CT molecular complexity index is 112. The van der Waals surface area contributed by atoms with Crippen molar-refractivity contribution in [2.24, 2.45) is 5.92 Å². The summed E-state index contributed by atoms with van der Waals surface area (Å²) in [6.07, 6.45) is 1.77. The number of nitrogens with one attached hydrogen (secondary N) is 1. The zero-order valence-electron chi connectivity index (χ0n) is 8.47. The first-order valence-corrected chi connectivity index (χ1v) is 4.60. The zero-order chi connectivity index (χ0) is 9.40. The van der Waals surface area contributed by atoms with Crippen molar-refractivity contribution in [3.05, 3.63) is 12.7 Å². The summed E-state index contributed by atoms with van der Waals surface area (Å²) in [7, 11) is 0. The first-order valence-electron chi connectivity index (χ1n) is 4.60. The molecular formula is C10H21NO. The summed E-state index contributed by atoms with van der Waals surface area (Å²) in [5, 5.41) is 3.38. The summed E-state index contributed by atoms with van der Waals surface area (Å²) < 4.78 is 5.23. The van der Waals surface area contributed by atoms with Crippen LogP contribution >= 0.6 is 0 Å². The molecule has 0 spiro atoms. The Morgan fingerprint density at radius 2 is 2.08 bits per heavy atom. The molecule has 0 aliphatic heterocycles. The Kier molecular flexibility index (Phi) is 7.11. The van der Waals surface area contributed by atoms with Crippen LogP contribution in [0.3, 0.4) is 0 Å². The lowest BCUT2D eigenvalue weighted by Crippen LogP contribution is -2.33. The molecule has 0 aromatic rings. The smallest absolute Gasteiger partial charge is 0.0645 e. The molecule has 12 heavy (non-hydrogen) atoms. The lowest BCUT2D eigenvalue weighted by atomic mass is 10.1. The maximum absolute atomic E-state index is 5.23. The molecule has 0 aromatic heterocycles. The van der Waals surface area contributed by atoms with Crippen LogP contribution in [-0.4, -0.2) is 25.8 Å². The van der Waals surface area contributed by atoms with Gasteiger partial charge in [-0.25, -0.2) is 0 Å². The third kappa shape index (κ3) is 6.38. The van der Waals surface area contributed by atoms with Gasteiger partial charge in [0.25, 0.3) is 0 Å². The second-order valence-electron chi connectivity index (χ2n) is 3.35. The molecule has 2 nitrogen and oxygen atoms in total. The standard InChI is InChI=1S/C10H21NO/c1-5-7-12-8-6-11-10(4)9(2)3/h5,9-11H,1,6-8H2,2-4H3. The summed E-state index contributed by atoms with van der Waals surface area (Å²) in [5.41, 5.74) is 0. The van der Waals surface area contributed by atoms with E-state index in [9.17, 15) is 0 Å². The highest BCUT2D eigenvalue weighted by atomic mass is 16.5. The van der Waals surface area contributed by atoms with Crippen molar-refractivity contribution in [1.82, 2.24) is 5.32 Å². The van der Waals surface area contributed by atoms with Gasteiger partial charge in [-0.2, -0.15) is 0 Å². The van der Waals surface area contributed by atoms with Crippen molar-refractivity contribution in [1.29, 1.82) is 0 Å². The molecule has 0 bridgehead atoms. The van der Waals surface area contributed by atoms with Crippen LogP contribution in [0.1, 0.15) is 20.8 Å². The Morgan fingerprint density at radius 3 is 2.58 bits per heavy atom. The monoisotopic (exact) mass is 171 g/mol. The van der Waals surface area contributed by atoms with E-state index in [4.69, 9.17) is 4.74 Å². The quantitative estimate of drug-likeness (QED) is 0.466. The summed E-state index contributed by atoms with van der Waals surface area (Å²) in [6, 6.07) is 0.567. The minimum atomic E-state index is 0.567. The second-order valence-corrected chi connectivity index (χ2v) is 3.35. The van der Waals surface area contributed by atoms with Crippen molar-refractivity contribution in [3.8, 4) is 0 Å². The van der Waals surface area contributed by atoms with E-state index in [1.807, 2.05) is 0 Å². The lowest BCUT2D eigenvalue weighted by molar-refractivity contribution is 0.160. The van der Waals surface area contributed by atoms with Crippen molar-refractivity contribution in [3.63, 3.8) is 0 Å². The van der Waals surface area contributed by atoms with Crippen LogP contribution in [0.5, 0.6) is 0 Å². The third-order valence-electron chi connectivity index (χ3n) is 1.95. The molecule has 0 amide bonds. The Hall–Kier alpha value is -0.340. The number of ether oxygens (including phenoxy) is 1. The van der Waals surface area contributed by atoms with E-state index in [1.54, 1.807) is 6.08 Å². The molecule has 0 aromatic carbocycles. The van der Waals surface area contributed by atoms with Gasteiger partial charge in [0.1, 0.15) is 0 Å². The van der Waals surface area contributed by atoms with Gasteiger partial charge in [0, 0.05) is 12.6 Å². The first kappa shape index (κ1) is 11.7. The van der Waals surface area contributed by atoms with Gasteiger partial charge in [0.2, 0.25) is 0 Å². The van der Waals surface area contributed by atoms with Crippen LogP contribution < -0.4 is 5.32 Å². The van der Waals surface area contributed by atoms with E-state index in [1.165, 1.54) is 0 Å². The van der Waals surface area contributed by atoms with Crippen LogP contribution in [0.4, 0.5) is 0 Å². The second kappa shape index (κ2) is 7.32. The summed E-state index contributed by atoms with van der Waals surface area (Å²) in [5.74, 6) is 0.685. The molecule has 0 fully saturated rings. The number of hydrogen-bond donors (Lipinski definition) is 1. The highest BCUT2D eigenvalue weighted by molar-refractivity contribution is 4.65. The molecule has 1 N–H and O–H groups in total. The average Bonchev–Trinajstić information content (AvgIpc) is 2.03. The molecule has 0 saturated carbocycles. The van der Waals surface area contributed by atoms with Crippen LogP contribution in [-0.2, 0) is 4.74 Å². The van der Waals surface area contributed by atoms with Crippen LogP contribution in [0.15, 0.2) is 12.7 Å². The maximum Gasteiger partial charge on any atom is 0.0645 e. The summed E-state index contributed by atoms with van der Waals surface area (Å²) in [4.78, 5) is 0. The van der Waals surface area contributed by atoms with E-state index in [0.29, 0.717) is 18.6 Å².